The standard InChI is InChI=1S/C7H10BrIO/c1-7(8)6-10-5-3-2-4-9/h2,4H,1,3,5-6H2. The van der Waals surface area contributed by atoms with Gasteiger partial charge in [-0.25, -0.2) is 0 Å². The first-order chi connectivity index (χ1) is 4.77. The van der Waals surface area contributed by atoms with Gasteiger partial charge in [0.15, 0.2) is 0 Å². The molecule has 0 aromatic heterocycles. The molecule has 0 unspecified atom stereocenters. The fourth-order valence-corrected chi connectivity index (χ4v) is 0.919. The van der Waals surface area contributed by atoms with Crippen LogP contribution in [-0.2, 0) is 4.74 Å². The summed E-state index contributed by atoms with van der Waals surface area (Å²) < 4.78 is 8.08. The Bertz CT molecular complexity index is 123. The molecule has 0 aliphatic heterocycles. The molecule has 0 radical (unpaired) electrons. The highest BCUT2D eigenvalue weighted by molar-refractivity contribution is 14.1. The zero-order valence-corrected chi connectivity index (χ0v) is 9.39. The molecule has 0 saturated heterocycles. The van der Waals surface area contributed by atoms with Crippen molar-refractivity contribution in [2.75, 3.05) is 13.2 Å². The zero-order chi connectivity index (χ0) is 7.82. The molecule has 0 amide bonds. The molecular formula is C7H10BrIO. The summed E-state index contributed by atoms with van der Waals surface area (Å²) in [5.41, 5.74) is 0. The third kappa shape index (κ3) is 8.65. The lowest BCUT2D eigenvalue weighted by Gasteiger charge is -1.98. The van der Waals surface area contributed by atoms with Crippen LogP contribution in [0.25, 0.3) is 0 Å². The first-order valence-electron chi connectivity index (χ1n) is 2.93. The fraction of sp³-hybridized carbons (Fsp3) is 0.429. The highest BCUT2D eigenvalue weighted by Crippen LogP contribution is 2.00. The van der Waals surface area contributed by atoms with Gasteiger partial charge in [-0.3, -0.25) is 0 Å². The Morgan fingerprint density at radius 1 is 1.70 bits per heavy atom. The van der Waals surface area contributed by atoms with Crippen molar-refractivity contribution in [2.24, 2.45) is 0 Å². The fourth-order valence-electron chi connectivity index (χ4n) is 0.397. The first-order valence-corrected chi connectivity index (χ1v) is 4.97. The molecule has 0 aliphatic carbocycles. The van der Waals surface area contributed by atoms with Crippen LogP contribution in [0.2, 0.25) is 0 Å². The molecule has 0 aliphatic rings. The quantitative estimate of drug-likeness (QED) is 0.559. The van der Waals surface area contributed by atoms with E-state index in [0.717, 1.165) is 17.5 Å². The van der Waals surface area contributed by atoms with E-state index in [0.29, 0.717) is 6.61 Å². The van der Waals surface area contributed by atoms with Gasteiger partial charge in [0, 0.05) is 4.48 Å². The van der Waals surface area contributed by atoms with Gasteiger partial charge in [-0.15, -0.1) is 0 Å². The van der Waals surface area contributed by atoms with E-state index < -0.39 is 0 Å². The summed E-state index contributed by atoms with van der Waals surface area (Å²) in [5, 5.41) is 0. The zero-order valence-electron chi connectivity index (χ0n) is 5.65. The van der Waals surface area contributed by atoms with Crippen LogP contribution in [0.4, 0.5) is 0 Å². The van der Waals surface area contributed by atoms with Crippen molar-refractivity contribution >= 4 is 38.5 Å². The van der Waals surface area contributed by atoms with Gasteiger partial charge in [0.25, 0.3) is 0 Å². The van der Waals surface area contributed by atoms with Gasteiger partial charge in [-0.2, -0.15) is 0 Å². The van der Waals surface area contributed by atoms with Crippen molar-refractivity contribution in [3.05, 3.63) is 21.2 Å². The Morgan fingerprint density at radius 2 is 2.40 bits per heavy atom. The van der Waals surface area contributed by atoms with Gasteiger partial charge in [0.2, 0.25) is 0 Å². The van der Waals surface area contributed by atoms with E-state index in [1.54, 1.807) is 0 Å². The molecule has 1 nitrogen and oxygen atoms in total. The van der Waals surface area contributed by atoms with Crippen molar-refractivity contribution in [2.45, 2.75) is 6.42 Å². The predicted molar refractivity (Wildman–Crippen MR) is 56.7 cm³/mol. The summed E-state index contributed by atoms with van der Waals surface area (Å²) in [6.45, 7) is 5.02. The molecule has 0 fully saturated rings. The van der Waals surface area contributed by atoms with Crippen LogP contribution in [0.15, 0.2) is 21.2 Å². The van der Waals surface area contributed by atoms with Crippen LogP contribution in [0.5, 0.6) is 0 Å². The lowest BCUT2D eigenvalue weighted by Crippen LogP contribution is -1.94. The Morgan fingerprint density at radius 3 is 2.90 bits per heavy atom. The third-order valence-electron chi connectivity index (χ3n) is 0.777. The van der Waals surface area contributed by atoms with Crippen LogP contribution in [0.3, 0.4) is 0 Å². The molecule has 0 aromatic carbocycles. The highest BCUT2D eigenvalue weighted by Gasteiger charge is 1.86. The van der Waals surface area contributed by atoms with Crippen molar-refractivity contribution in [1.82, 2.24) is 0 Å². The molecule has 58 valence electrons. The average Bonchev–Trinajstić information content (AvgIpc) is 1.87. The molecule has 0 saturated carbocycles. The maximum Gasteiger partial charge on any atom is 0.0776 e. The second kappa shape index (κ2) is 7.75. The van der Waals surface area contributed by atoms with Gasteiger partial charge in [-0.1, -0.05) is 51.2 Å². The SMILES string of the molecule is C=C(Br)COCCC=CI. The molecule has 0 aromatic rings. The molecule has 0 rings (SSSR count). The van der Waals surface area contributed by atoms with E-state index in [9.17, 15) is 0 Å². The van der Waals surface area contributed by atoms with E-state index in [1.807, 2.05) is 4.08 Å². The Labute approximate surface area is 83.8 Å². The lowest BCUT2D eigenvalue weighted by atomic mass is 10.4. The summed E-state index contributed by atoms with van der Waals surface area (Å²) in [4.78, 5) is 0. The van der Waals surface area contributed by atoms with Crippen LogP contribution >= 0.6 is 38.5 Å². The van der Waals surface area contributed by atoms with E-state index in [2.05, 4.69) is 51.2 Å². The summed E-state index contributed by atoms with van der Waals surface area (Å²) in [6.07, 6.45) is 3.04. The number of ether oxygens (including phenoxy) is 1. The van der Waals surface area contributed by atoms with Crippen molar-refractivity contribution in [1.29, 1.82) is 0 Å². The molecule has 0 bridgehead atoms. The topological polar surface area (TPSA) is 9.23 Å². The molecule has 0 atom stereocenters. The van der Waals surface area contributed by atoms with Crippen molar-refractivity contribution in [3.8, 4) is 0 Å². The monoisotopic (exact) mass is 316 g/mol. The smallest absolute Gasteiger partial charge is 0.0776 e. The van der Waals surface area contributed by atoms with Gasteiger partial charge < -0.3 is 4.74 Å². The number of halogens is 2. The minimum atomic E-state index is 0.606. The normalized spacial score (nSPS) is 10.6. The average molecular weight is 317 g/mol. The Kier molecular flexibility index (Phi) is 8.26. The summed E-state index contributed by atoms with van der Waals surface area (Å²) in [6, 6.07) is 0. The molecule has 10 heavy (non-hydrogen) atoms. The summed E-state index contributed by atoms with van der Waals surface area (Å²) in [5.74, 6) is 0. The van der Waals surface area contributed by atoms with Crippen LogP contribution in [-0.4, -0.2) is 13.2 Å². The van der Waals surface area contributed by atoms with Crippen LogP contribution in [0.1, 0.15) is 6.42 Å². The van der Waals surface area contributed by atoms with Crippen LogP contribution in [0, 0.1) is 0 Å². The molecular weight excluding hydrogens is 307 g/mol. The Hall–Kier alpha value is 0.650. The van der Waals surface area contributed by atoms with E-state index in [1.165, 1.54) is 0 Å². The van der Waals surface area contributed by atoms with Gasteiger partial charge >= 0.3 is 0 Å². The van der Waals surface area contributed by atoms with E-state index in [4.69, 9.17) is 4.74 Å². The van der Waals surface area contributed by atoms with Crippen molar-refractivity contribution < 1.29 is 4.74 Å². The summed E-state index contributed by atoms with van der Waals surface area (Å²) >= 11 is 5.39. The van der Waals surface area contributed by atoms with Crippen LogP contribution < -0.4 is 0 Å². The molecule has 0 heterocycles. The summed E-state index contributed by atoms with van der Waals surface area (Å²) in [7, 11) is 0. The third-order valence-corrected chi connectivity index (χ3v) is 1.51. The predicted octanol–water partition coefficient (Wildman–Crippen LogP) is 3.25. The Balaban J connectivity index is 2.98. The first kappa shape index (κ1) is 10.7. The highest BCUT2D eigenvalue weighted by atomic mass is 127. The molecule has 3 heteroatoms. The number of rotatable bonds is 5. The van der Waals surface area contributed by atoms with Gasteiger partial charge in [-0.05, 0) is 10.5 Å². The minimum Gasteiger partial charge on any atom is -0.376 e. The number of hydrogen-bond acceptors (Lipinski definition) is 1. The van der Waals surface area contributed by atoms with E-state index in [-0.39, 0.29) is 0 Å². The second-order valence-electron chi connectivity index (χ2n) is 1.72. The largest absolute Gasteiger partial charge is 0.376 e. The minimum absolute atomic E-state index is 0.606. The molecule has 0 spiro atoms. The maximum atomic E-state index is 5.20. The maximum absolute atomic E-state index is 5.20. The van der Waals surface area contributed by atoms with Gasteiger partial charge in [0.1, 0.15) is 0 Å². The molecule has 0 N–H and O–H groups in total. The van der Waals surface area contributed by atoms with Gasteiger partial charge in [0.05, 0.1) is 13.2 Å². The number of hydrogen-bond donors (Lipinski definition) is 0. The van der Waals surface area contributed by atoms with Crippen molar-refractivity contribution in [3.63, 3.8) is 0 Å². The lowest BCUT2D eigenvalue weighted by molar-refractivity contribution is 0.166. The van der Waals surface area contributed by atoms with E-state index >= 15 is 0 Å². The second-order valence-corrected chi connectivity index (χ2v) is 3.56.